The number of benzene rings is 1. The van der Waals surface area contributed by atoms with Crippen molar-refractivity contribution >= 4 is 17.5 Å². The van der Waals surface area contributed by atoms with Crippen molar-refractivity contribution in [3.8, 4) is 5.75 Å². The Morgan fingerprint density at radius 1 is 1.50 bits per heavy atom. The molecule has 2 rings (SSSR count). The van der Waals surface area contributed by atoms with E-state index in [4.69, 9.17) is 22.1 Å². The highest BCUT2D eigenvalue weighted by Gasteiger charge is 2.27. The molecule has 1 saturated carbocycles. The van der Waals surface area contributed by atoms with E-state index >= 15 is 0 Å². The molecule has 0 spiro atoms. The summed E-state index contributed by atoms with van der Waals surface area (Å²) in [5, 5.41) is 2.90. The highest BCUT2D eigenvalue weighted by molar-refractivity contribution is 6.30. The predicted octanol–water partition coefficient (Wildman–Crippen LogP) is 2.10. The van der Waals surface area contributed by atoms with Gasteiger partial charge in [-0.15, -0.1) is 0 Å². The van der Waals surface area contributed by atoms with E-state index in [-0.39, 0.29) is 23.6 Å². The molecule has 0 saturated heterocycles. The molecule has 4 nitrogen and oxygen atoms in total. The van der Waals surface area contributed by atoms with Gasteiger partial charge in [0.05, 0.1) is 5.02 Å². The van der Waals surface area contributed by atoms with E-state index in [1.807, 2.05) is 0 Å². The highest BCUT2D eigenvalue weighted by Crippen LogP contribution is 2.24. The fourth-order valence-electron chi connectivity index (χ4n) is 2.47. The van der Waals surface area contributed by atoms with Crippen molar-refractivity contribution in [2.45, 2.75) is 25.3 Å². The molecule has 1 aromatic carbocycles. The van der Waals surface area contributed by atoms with Gasteiger partial charge >= 0.3 is 0 Å². The fourth-order valence-corrected chi connectivity index (χ4v) is 2.64. The molecular formula is C14H18ClFN2O2. The van der Waals surface area contributed by atoms with Crippen LogP contribution in [0, 0.1) is 11.7 Å². The molecule has 2 atom stereocenters. The van der Waals surface area contributed by atoms with Gasteiger partial charge in [-0.3, -0.25) is 4.79 Å². The van der Waals surface area contributed by atoms with Crippen LogP contribution in [0.1, 0.15) is 19.3 Å². The number of nitrogens with one attached hydrogen (secondary N) is 1. The zero-order valence-electron chi connectivity index (χ0n) is 11.1. The summed E-state index contributed by atoms with van der Waals surface area (Å²) in [6.07, 6.45) is 3.09. The van der Waals surface area contributed by atoms with E-state index < -0.39 is 5.82 Å². The first-order valence-corrected chi connectivity index (χ1v) is 7.05. The Balaban J connectivity index is 1.81. The number of halogens is 2. The lowest BCUT2D eigenvalue weighted by Gasteiger charge is -2.19. The van der Waals surface area contributed by atoms with Crippen molar-refractivity contribution in [1.82, 2.24) is 5.32 Å². The van der Waals surface area contributed by atoms with E-state index in [9.17, 15) is 9.18 Å². The second-order valence-electron chi connectivity index (χ2n) is 4.97. The molecule has 2 unspecified atom stereocenters. The second kappa shape index (κ2) is 6.90. The average Bonchev–Trinajstić information content (AvgIpc) is 2.87. The number of rotatable bonds is 5. The van der Waals surface area contributed by atoms with Crippen LogP contribution in [0.2, 0.25) is 5.02 Å². The van der Waals surface area contributed by atoms with Gasteiger partial charge in [-0.05, 0) is 37.4 Å². The van der Waals surface area contributed by atoms with Crippen molar-refractivity contribution in [3.05, 3.63) is 29.0 Å². The molecule has 1 fully saturated rings. The van der Waals surface area contributed by atoms with Crippen LogP contribution in [0.25, 0.3) is 0 Å². The maximum absolute atomic E-state index is 13.0. The van der Waals surface area contributed by atoms with Crippen molar-refractivity contribution in [3.63, 3.8) is 0 Å². The van der Waals surface area contributed by atoms with Crippen LogP contribution >= 0.6 is 11.6 Å². The first kappa shape index (κ1) is 15.1. The molecule has 3 N–H and O–H groups in total. The Morgan fingerprint density at radius 2 is 2.30 bits per heavy atom. The smallest absolute Gasteiger partial charge is 0.258 e. The SMILES string of the molecule is NCC1CCCC1NC(=O)COc1ccc(F)c(Cl)c1. The Morgan fingerprint density at radius 3 is 3.00 bits per heavy atom. The van der Waals surface area contributed by atoms with Crippen LogP contribution in [0.5, 0.6) is 5.75 Å². The minimum absolute atomic E-state index is 0.0260. The Hall–Kier alpha value is -1.33. The van der Waals surface area contributed by atoms with Crippen molar-refractivity contribution in [2.24, 2.45) is 11.7 Å². The lowest BCUT2D eigenvalue weighted by molar-refractivity contribution is -0.124. The highest BCUT2D eigenvalue weighted by atomic mass is 35.5. The largest absolute Gasteiger partial charge is 0.484 e. The molecule has 1 amide bonds. The summed E-state index contributed by atoms with van der Waals surface area (Å²) in [6.45, 7) is 0.467. The van der Waals surface area contributed by atoms with Crippen molar-refractivity contribution < 1.29 is 13.9 Å². The lowest BCUT2D eigenvalue weighted by Crippen LogP contribution is -2.42. The monoisotopic (exact) mass is 300 g/mol. The normalized spacial score (nSPS) is 21.8. The number of carbonyl (C=O) groups is 1. The van der Waals surface area contributed by atoms with Gasteiger partial charge < -0.3 is 15.8 Å². The summed E-state index contributed by atoms with van der Waals surface area (Å²) in [7, 11) is 0. The van der Waals surface area contributed by atoms with Crippen LogP contribution in [0.4, 0.5) is 4.39 Å². The number of carbonyl (C=O) groups excluding carboxylic acids is 1. The van der Waals surface area contributed by atoms with Crippen LogP contribution in [0.15, 0.2) is 18.2 Å². The first-order chi connectivity index (χ1) is 9.60. The number of nitrogens with two attached hydrogens (primary N) is 1. The minimum atomic E-state index is -0.514. The van der Waals surface area contributed by atoms with E-state index in [2.05, 4.69) is 5.32 Å². The zero-order valence-corrected chi connectivity index (χ0v) is 11.8. The molecule has 0 aliphatic heterocycles. The van der Waals surface area contributed by atoms with Gasteiger partial charge in [0.15, 0.2) is 6.61 Å². The quantitative estimate of drug-likeness (QED) is 0.875. The van der Waals surface area contributed by atoms with Gasteiger partial charge in [-0.1, -0.05) is 18.0 Å². The summed E-state index contributed by atoms with van der Waals surface area (Å²) in [6, 6.07) is 4.12. The third kappa shape index (κ3) is 3.84. The summed E-state index contributed by atoms with van der Waals surface area (Å²) < 4.78 is 18.3. The first-order valence-electron chi connectivity index (χ1n) is 6.67. The zero-order chi connectivity index (χ0) is 14.5. The molecular weight excluding hydrogens is 283 g/mol. The summed E-state index contributed by atoms with van der Waals surface area (Å²) in [5.41, 5.74) is 5.66. The average molecular weight is 301 g/mol. The summed E-state index contributed by atoms with van der Waals surface area (Å²) in [5.74, 6) is 0.00331. The van der Waals surface area contributed by atoms with Crippen LogP contribution in [-0.2, 0) is 4.79 Å². The molecule has 6 heteroatoms. The molecule has 110 valence electrons. The molecule has 0 radical (unpaired) electrons. The molecule has 20 heavy (non-hydrogen) atoms. The van der Waals surface area contributed by atoms with Gasteiger partial charge in [-0.25, -0.2) is 4.39 Å². The van der Waals surface area contributed by atoms with Gasteiger partial charge in [0.1, 0.15) is 11.6 Å². The van der Waals surface area contributed by atoms with Gasteiger partial charge in [0.25, 0.3) is 5.91 Å². The number of hydrogen-bond donors (Lipinski definition) is 2. The standard InChI is InChI=1S/C14H18ClFN2O2/c15-11-6-10(4-5-12(11)16)20-8-14(19)18-13-3-1-2-9(13)7-17/h4-6,9,13H,1-3,7-8,17H2,(H,18,19). The summed E-state index contributed by atoms with van der Waals surface area (Å²) >= 11 is 5.64. The molecule has 0 heterocycles. The van der Waals surface area contributed by atoms with E-state index in [1.54, 1.807) is 0 Å². The topological polar surface area (TPSA) is 64.3 Å². The Labute approximate surface area is 122 Å². The Bertz CT molecular complexity index is 484. The van der Waals surface area contributed by atoms with Crippen molar-refractivity contribution in [1.29, 1.82) is 0 Å². The maximum atomic E-state index is 13.0. The van der Waals surface area contributed by atoms with Gasteiger partial charge in [0, 0.05) is 12.1 Å². The van der Waals surface area contributed by atoms with Crippen LogP contribution in [-0.4, -0.2) is 25.1 Å². The molecule has 1 aliphatic carbocycles. The molecule has 1 aromatic rings. The number of hydrogen-bond acceptors (Lipinski definition) is 3. The molecule has 1 aliphatic rings. The number of amides is 1. The predicted molar refractivity (Wildman–Crippen MR) is 75.2 cm³/mol. The summed E-state index contributed by atoms with van der Waals surface area (Å²) in [4.78, 5) is 11.8. The second-order valence-corrected chi connectivity index (χ2v) is 5.37. The van der Waals surface area contributed by atoms with Crippen LogP contribution < -0.4 is 15.8 Å². The maximum Gasteiger partial charge on any atom is 0.258 e. The number of ether oxygens (including phenoxy) is 1. The van der Waals surface area contributed by atoms with Gasteiger partial charge in [0.2, 0.25) is 0 Å². The molecule has 0 aromatic heterocycles. The lowest BCUT2D eigenvalue weighted by atomic mass is 10.0. The third-order valence-electron chi connectivity index (χ3n) is 3.57. The minimum Gasteiger partial charge on any atom is -0.484 e. The van der Waals surface area contributed by atoms with E-state index in [0.717, 1.165) is 19.3 Å². The van der Waals surface area contributed by atoms with Crippen LogP contribution in [0.3, 0.4) is 0 Å². The molecule has 0 bridgehead atoms. The van der Waals surface area contributed by atoms with E-state index in [1.165, 1.54) is 18.2 Å². The Kier molecular flexibility index (Phi) is 5.20. The van der Waals surface area contributed by atoms with E-state index in [0.29, 0.717) is 18.2 Å². The third-order valence-corrected chi connectivity index (χ3v) is 3.86. The van der Waals surface area contributed by atoms with Crippen molar-refractivity contribution in [2.75, 3.05) is 13.2 Å². The fraction of sp³-hybridized carbons (Fsp3) is 0.500. The van der Waals surface area contributed by atoms with Gasteiger partial charge in [-0.2, -0.15) is 0 Å².